The minimum absolute atomic E-state index is 0.0426. The van der Waals surface area contributed by atoms with Crippen molar-refractivity contribution in [3.63, 3.8) is 0 Å². The first-order chi connectivity index (χ1) is 25.9. The van der Waals surface area contributed by atoms with Gasteiger partial charge in [-0.25, -0.2) is 9.59 Å². The van der Waals surface area contributed by atoms with Gasteiger partial charge in [0.15, 0.2) is 18.1 Å². The van der Waals surface area contributed by atoms with Crippen LogP contribution in [0.15, 0.2) is 42.6 Å². The Bertz CT molecular complexity index is 1760. The van der Waals surface area contributed by atoms with Crippen molar-refractivity contribution in [3.05, 3.63) is 53.7 Å². The summed E-state index contributed by atoms with van der Waals surface area (Å²) in [7, 11) is 1.83. The maximum absolute atomic E-state index is 13.7. The Morgan fingerprint density at radius 1 is 1.02 bits per heavy atom. The second-order valence-corrected chi connectivity index (χ2v) is 14.7. The zero-order valence-electron chi connectivity index (χ0n) is 31.7. The SMILES string of the molecule is Cn1cc(-c2cccc(CCOCCC(=O)N(CCN(CCc3ccc(OC(=O)OC(C)(C)C)c4c3OCC(=O)N4)C(=O)O)C3CCCCCC3)c2)nn1. The van der Waals surface area contributed by atoms with Gasteiger partial charge in [-0.1, -0.05) is 55.2 Å². The number of hydrogen-bond donors (Lipinski definition) is 2. The molecule has 2 aliphatic rings. The number of nitrogens with one attached hydrogen (secondary N) is 1. The van der Waals surface area contributed by atoms with Gasteiger partial charge in [-0.3, -0.25) is 14.3 Å². The first kappa shape index (κ1) is 40.0. The molecule has 1 aliphatic heterocycles. The van der Waals surface area contributed by atoms with Crippen LogP contribution in [0.4, 0.5) is 15.3 Å². The monoisotopic (exact) mass is 748 g/mol. The Kier molecular flexibility index (Phi) is 13.9. The molecular formula is C39H52N6O9. The maximum atomic E-state index is 13.7. The summed E-state index contributed by atoms with van der Waals surface area (Å²) in [5.74, 6) is -0.107. The lowest BCUT2D eigenvalue weighted by Crippen LogP contribution is -2.46. The van der Waals surface area contributed by atoms with Crippen LogP contribution in [0.3, 0.4) is 0 Å². The quantitative estimate of drug-likeness (QED) is 0.0826. The minimum Gasteiger partial charge on any atom is -0.481 e. The molecule has 3 aromatic rings. The minimum atomic E-state index is -1.11. The van der Waals surface area contributed by atoms with Crippen molar-refractivity contribution in [2.24, 2.45) is 7.05 Å². The Labute approximate surface area is 315 Å². The highest BCUT2D eigenvalue weighted by Crippen LogP contribution is 2.40. The van der Waals surface area contributed by atoms with E-state index in [1.54, 1.807) is 31.5 Å². The molecule has 292 valence electrons. The highest BCUT2D eigenvalue weighted by molar-refractivity contribution is 5.98. The fourth-order valence-electron chi connectivity index (χ4n) is 6.68. The molecule has 3 amide bonds. The first-order valence-electron chi connectivity index (χ1n) is 18.7. The summed E-state index contributed by atoms with van der Waals surface area (Å²) < 4.78 is 23.9. The molecule has 0 spiro atoms. The van der Waals surface area contributed by atoms with E-state index < -0.39 is 23.8 Å². The molecule has 0 bridgehead atoms. The number of ether oxygens (including phenoxy) is 4. The second kappa shape index (κ2) is 18.7. The van der Waals surface area contributed by atoms with Crippen molar-refractivity contribution in [1.29, 1.82) is 0 Å². The molecule has 0 saturated heterocycles. The van der Waals surface area contributed by atoms with Crippen LogP contribution in [0, 0.1) is 0 Å². The Hall–Kier alpha value is -5.18. The number of nitrogens with zero attached hydrogens (tertiary/aromatic N) is 5. The van der Waals surface area contributed by atoms with E-state index in [0.29, 0.717) is 24.3 Å². The van der Waals surface area contributed by atoms with E-state index in [0.717, 1.165) is 55.3 Å². The van der Waals surface area contributed by atoms with Gasteiger partial charge in [-0.05, 0) is 69.7 Å². The van der Waals surface area contributed by atoms with Crippen molar-refractivity contribution in [2.75, 3.05) is 44.8 Å². The summed E-state index contributed by atoms with van der Waals surface area (Å²) in [5, 5.41) is 21.1. The fourth-order valence-corrected chi connectivity index (χ4v) is 6.68. The van der Waals surface area contributed by atoms with Crippen molar-refractivity contribution < 1.29 is 43.2 Å². The van der Waals surface area contributed by atoms with Crippen LogP contribution in [0.25, 0.3) is 11.3 Å². The van der Waals surface area contributed by atoms with Gasteiger partial charge in [0.25, 0.3) is 5.91 Å². The van der Waals surface area contributed by atoms with Gasteiger partial charge in [-0.15, -0.1) is 5.10 Å². The van der Waals surface area contributed by atoms with E-state index in [4.69, 9.17) is 18.9 Å². The molecule has 15 nitrogen and oxygen atoms in total. The van der Waals surface area contributed by atoms with Gasteiger partial charge in [0, 0.05) is 38.3 Å². The third-order valence-electron chi connectivity index (χ3n) is 9.33. The average molecular weight is 749 g/mol. The van der Waals surface area contributed by atoms with Crippen molar-refractivity contribution in [2.45, 2.75) is 90.2 Å². The average Bonchev–Trinajstić information content (AvgIpc) is 3.38. The van der Waals surface area contributed by atoms with Gasteiger partial charge < -0.3 is 39.2 Å². The topological polar surface area (TPSA) is 175 Å². The lowest BCUT2D eigenvalue weighted by molar-refractivity contribution is -0.135. The molecule has 0 atom stereocenters. The third-order valence-corrected chi connectivity index (χ3v) is 9.33. The number of carboxylic acid groups (broad SMARTS) is 1. The highest BCUT2D eigenvalue weighted by atomic mass is 16.7. The van der Waals surface area contributed by atoms with E-state index in [9.17, 15) is 24.3 Å². The Morgan fingerprint density at radius 3 is 2.50 bits per heavy atom. The van der Waals surface area contributed by atoms with Crippen molar-refractivity contribution >= 4 is 29.8 Å². The summed E-state index contributed by atoms with van der Waals surface area (Å²) in [6, 6.07) is 11.3. The standard InChI is InChI=1S/C39H52N6O9/c1-39(2,3)54-38(50)53-32-15-14-28(36-35(32)40-33(46)26-52-36)16-19-44(37(48)49)20-21-45(30-12-7-5-6-8-13-30)34(47)18-23-51-22-17-27-10-9-11-29(24-27)31-25-43(4)42-41-31/h9-11,14-15,24-25,30H,5-8,12-13,16-23,26H2,1-4H3,(H,40,46)(H,48,49). The molecule has 0 radical (unpaired) electrons. The van der Waals surface area contributed by atoms with Gasteiger partial charge in [0.05, 0.1) is 25.8 Å². The Morgan fingerprint density at radius 2 is 1.80 bits per heavy atom. The Balaban J connectivity index is 1.17. The number of hydrogen-bond acceptors (Lipinski definition) is 10. The molecule has 0 unspecified atom stereocenters. The van der Waals surface area contributed by atoms with Crippen molar-refractivity contribution in [1.82, 2.24) is 24.8 Å². The number of fused-ring (bicyclic) bond motifs is 1. The third kappa shape index (κ3) is 11.7. The largest absolute Gasteiger partial charge is 0.514 e. The van der Waals surface area contributed by atoms with E-state index in [1.807, 2.05) is 36.3 Å². The summed E-state index contributed by atoms with van der Waals surface area (Å²) >= 11 is 0. The van der Waals surface area contributed by atoms with Crippen LogP contribution in [0.1, 0.15) is 76.8 Å². The van der Waals surface area contributed by atoms with Crippen LogP contribution in [-0.2, 0) is 39.0 Å². The van der Waals surface area contributed by atoms with Gasteiger partial charge in [0.1, 0.15) is 17.0 Å². The summed E-state index contributed by atoms with van der Waals surface area (Å²) in [5.41, 5.74) is 2.90. The number of rotatable bonds is 15. The molecule has 54 heavy (non-hydrogen) atoms. The van der Waals surface area contributed by atoms with E-state index in [1.165, 1.54) is 11.0 Å². The lowest BCUT2D eigenvalue weighted by Gasteiger charge is -2.33. The van der Waals surface area contributed by atoms with Crippen molar-refractivity contribution in [3.8, 4) is 22.8 Å². The number of benzene rings is 2. The summed E-state index contributed by atoms with van der Waals surface area (Å²) in [6.07, 6.45) is 7.02. The highest BCUT2D eigenvalue weighted by Gasteiger charge is 2.29. The summed E-state index contributed by atoms with van der Waals surface area (Å²) in [6.45, 7) is 6.10. The predicted octanol–water partition coefficient (Wildman–Crippen LogP) is 5.85. The number of carbonyl (C=O) groups is 4. The predicted molar refractivity (Wildman–Crippen MR) is 200 cm³/mol. The fraction of sp³-hybridized carbons (Fsp3) is 0.538. The number of carbonyl (C=O) groups excluding carboxylic acids is 3. The maximum Gasteiger partial charge on any atom is 0.514 e. The van der Waals surface area contributed by atoms with Crippen LogP contribution in [-0.4, -0.2) is 105 Å². The zero-order valence-corrected chi connectivity index (χ0v) is 31.7. The summed E-state index contributed by atoms with van der Waals surface area (Å²) in [4.78, 5) is 53.9. The molecule has 2 N–H and O–H groups in total. The van der Waals surface area contributed by atoms with Gasteiger partial charge >= 0.3 is 12.2 Å². The number of anilines is 1. The van der Waals surface area contributed by atoms with Gasteiger partial charge in [0.2, 0.25) is 5.91 Å². The van der Waals surface area contributed by atoms with E-state index in [2.05, 4.69) is 21.7 Å². The molecular weight excluding hydrogens is 696 g/mol. The first-order valence-corrected chi connectivity index (χ1v) is 18.7. The van der Waals surface area contributed by atoms with E-state index in [-0.39, 0.29) is 69.1 Å². The van der Waals surface area contributed by atoms with Crippen LogP contribution in [0.2, 0.25) is 0 Å². The van der Waals surface area contributed by atoms with Crippen LogP contribution in [0.5, 0.6) is 11.5 Å². The second-order valence-electron chi connectivity index (χ2n) is 14.7. The van der Waals surface area contributed by atoms with Crippen LogP contribution < -0.4 is 14.8 Å². The van der Waals surface area contributed by atoms with Gasteiger partial charge in [-0.2, -0.15) is 0 Å². The molecule has 15 heteroatoms. The van der Waals surface area contributed by atoms with E-state index >= 15 is 0 Å². The number of amides is 3. The molecule has 2 aromatic carbocycles. The molecule has 1 saturated carbocycles. The lowest BCUT2D eigenvalue weighted by atomic mass is 10.1. The number of aryl methyl sites for hydroxylation is 1. The smallest absolute Gasteiger partial charge is 0.481 e. The zero-order chi connectivity index (χ0) is 38.7. The number of aromatic nitrogens is 3. The molecule has 1 fully saturated rings. The molecule has 1 aliphatic carbocycles. The molecule has 5 rings (SSSR count). The molecule has 1 aromatic heterocycles. The van der Waals surface area contributed by atoms with Crippen LogP contribution >= 0.6 is 0 Å². The normalized spacial score (nSPS) is 14.6. The molecule has 2 heterocycles.